The Bertz CT molecular complexity index is 112. The maximum absolute atomic E-state index is 3.63. The van der Waals surface area contributed by atoms with Crippen LogP contribution in [0.4, 0.5) is 0 Å². The first kappa shape index (κ1) is 14.0. The van der Waals surface area contributed by atoms with Crippen molar-refractivity contribution in [3.05, 3.63) is 0 Å². The monoisotopic (exact) mass is 199 g/mol. The molecule has 0 aliphatic carbocycles. The Morgan fingerprint density at radius 3 is 2.00 bits per heavy atom. The molecule has 1 N–H and O–H groups in total. The van der Waals surface area contributed by atoms with E-state index in [4.69, 9.17) is 0 Å². The maximum Gasteiger partial charge on any atom is 0.00925 e. The van der Waals surface area contributed by atoms with Crippen molar-refractivity contribution in [2.75, 3.05) is 6.54 Å². The standard InChI is InChI=1S/C13H29N/c1-5-8-10-12(4)13(14-7-3)11-9-6-2/h12-14H,5-11H2,1-4H3. The summed E-state index contributed by atoms with van der Waals surface area (Å²) in [6.07, 6.45) is 8.15. The molecule has 0 bridgehead atoms. The van der Waals surface area contributed by atoms with Gasteiger partial charge in [-0.1, -0.05) is 53.4 Å². The fourth-order valence-corrected chi connectivity index (χ4v) is 2.00. The van der Waals surface area contributed by atoms with Crippen LogP contribution in [-0.2, 0) is 0 Å². The third-order valence-corrected chi connectivity index (χ3v) is 3.03. The Hall–Kier alpha value is -0.0400. The summed E-state index contributed by atoms with van der Waals surface area (Å²) in [5.41, 5.74) is 0. The molecule has 0 aromatic carbocycles. The van der Waals surface area contributed by atoms with Crippen molar-refractivity contribution >= 4 is 0 Å². The third-order valence-electron chi connectivity index (χ3n) is 3.03. The van der Waals surface area contributed by atoms with E-state index >= 15 is 0 Å². The fraction of sp³-hybridized carbons (Fsp3) is 1.00. The van der Waals surface area contributed by atoms with E-state index in [0.717, 1.165) is 18.5 Å². The minimum Gasteiger partial charge on any atom is -0.314 e. The molecule has 0 fully saturated rings. The van der Waals surface area contributed by atoms with E-state index < -0.39 is 0 Å². The van der Waals surface area contributed by atoms with Gasteiger partial charge >= 0.3 is 0 Å². The minimum absolute atomic E-state index is 0.756. The molecule has 0 aliphatic rings. The summed E-state index contributed by atoms with van der Waals surface area (Å²) in [6.45, 7) is 10.3. The molecule has 0 rings (SSSR count). The molecule has 0 aliphatic heterocycles. The fourth-order valence-electron chi connectivity index (χ4n) is 2.00. The Labute approximate surface area is 90.7 Å². The average molecular weight is 199 g/mol. The highest BCUT2D eigenvalue weighted by atomic mass is 14.9. The van der Waals surface area contributed by atoms with Gasteiger partial charge in [0.1, 0.15) is 0 Å². The maximum atomic E-state index is 3.63. The second-order valence-corrected chi connectivity index (χ2v) is 4.43. The number of nitrogens with one attached hydrogen (secondary N) is 1. The van der Waals surface area contributed by atoms with Crippen LogP contribution in [0.1, 0.15) is 66.2 Å². The third kappa shape index (κ3) is 6.42. The summed E-state index contributed by atoms with van der Waals surface area (Å²) in [7, 11) is 0. The molecule has 0 spiro atoms. The minimum atomic E-state index is 0.756. The molecule has 0 heterocycles. The quantitative estimate of drug-likeness (QED) is 0.592. The zero-order valence-electron chi connectivity index (χ0n) is 10.6. The Morgan fingerprint density at radius 1 is 0.929 bits per heavy atom. The van der Waals surface area contributed by atoms with Crippen LogP contribution < -0.4 is 5.32 Å². The van der Waals surface area contributed by atoms with Gasteiger partial charge in [-0.2, -0.15) is 0 Å². The molecule has 14 heavy (non-hydrogen) atoms. The highest BCUT2D eigenvalue weighted by Gasteiger charge is 2.14. The zero-order valence-corrected chi connectivity index (χ0v) is 10.6. The number of hydrogen-bond acceptors (Lipinski definition) is 1. The van der Waals surface area contributed by atoms with Gasteiger partial charge < -0.3 is 5.32 Å². The van der Waals surface area contributed by atoms with Gasteiger partial charge in [-0.3, -0.25) is 0 Å². The molecule has 1 nitrogen and oxygen atoms in total. The van der Waals surface area contributed by atoms with Gasteiger partial charge in [-0.05, 0) is 25.3 Å². The van der Waals surface area contributed by atoms with Gasteiger partial charge in [0.25, 0.3) is 0 Å². The first-order valence-corrected chi connectivity index (χ1v) is 6.49. The summed E-state index contributed by atoms with van der Waals surface area (Å²) in [6, 6.07) is 0.756. The lowest BCUT2D eigenvalue weighted by molar-refractivity contribution is 0.331. The summed E-state index contributed by atoms with van der Waals surface area (Å²) >= 11 is 0. The van der Waals surface area contributed by atoms with Crippen molar-refractivity contribution in [2.24, 2.45) is 5.92 Å². The van der Waals surface area contributed by atoms with Crippen LogP contribution in [0.25, 0.3) is 0 Å². The molecule has 86 valence electrons. The van der Waals surface area contributed by atoms with Gasteiger partial charge in [0.2, 0.25) is 0 Å². The lowest BCUT2D eigenvalue weighted by Crippen LogP contribution is -2.34. The second-order valence-electron chi connectivity index (χ2n) is 4.43. The normalized spacial score (nSPS) is 15.4. The molecule has 0 saturated heterocycles. The van der Waals surface area contributed by atoms with Crippen molar-refractivity contribution in [1.82, 2.24) is 5.32 Å². The summed E-state index contributed by atoms with van der Waals surface area (Å²) < 4.78 is 0. The Morgan fingerprint density at radius 2 is 1.50 bits per heavy atom. The van der Waals surface area contributed by atoms with E-state index in [-0.39, 0.29) is 0 Å². The molecule has 0 aromatic rings. The molecule has 0 amide bonds. The topological polar surface area (TPSA) is 12.0 Å². The van der Waals surface area contributed by atoms with Gasteiger partial charge in [0.15, 0.2) is 0 Å². The highest BCUT2D eigenvalue weighted by Crippen LogP contribution is 2.16. The highest BCUT2D eigenvalue weighted by molar-refractivity contribution is 4.72. The molecular formula is C13H29N. The van der Waals surface area contributed by atoms with Crippen molar-refractivity contribution in [2.45, 2.75) is 72.3 Å². The van der Waals surface area contributed by atoms with Crippen molar-refractivity contribution in [3.63, 3.8) is 0 Å². The summed E-state index contributed by atoms with van der Waals surface area (Å²) in [5, 5.41) is 3.63. The lowest BCUT2D eigenvalue weighted by Gasteiger charge is -2.24. The number of unbranched alkanes of at least 4 members (excludes halogenated alkanes) is 2. The number of rotatable bonds is 9. The van der Waals surface area contributed by atoms with Gasteiger partial charge in [-0.25, -0.2) is 0 Å². The van der Waals surface area contributed by atoms with E-state index in [1.165, 1.54) is 38.5 Å². The Kier molecular flexibility index (Phi) is 9.49. The summed E-state index contributed by atoms with van der Waals surface area (Å²) in [4.78, 5) is 0. The van der Waals surface area contributed by atoms with E-state index in [1.54, 1.807) is 0 Å². The first-order chi connectivity index (χ1) is 6.76. The first-order valence-electron chi connectivity index (χ1n) is 6.49. The molecule has 1 heteroatoms. The van der Waals surface area contributed by atoms with E-state index in [2.05, 4.69) is 33.0 Å². The van der Waals surface area contributed by atoms with Gasteiger partial charge in [0.05, 0.1) is 0 Å². The van der Waals surface area contributed by atoms with Crippen LogP contribution in [0.5, 0.6) is 0 Å². The van der Waals surface area contributed by atoms with Crippen LogP contribution in [0.15, 0.2) is 0 Å². The molecule has 0 aromatic heterocycles. The molecule has 2 atom stereocenters. The van der Waals surface area contributed by atoms with Crippen LogP contribution in [-0.4, -0.2) is 12.6 Å². The lowest BCUT2D eigenvalue weighted by atomic mass is 9.92. The van der Waals surface area contributed by atoms with Crippen molar-refractivity contribution in [3.8, 4) is 0 Å². The van der Waals surface area contributed by atoms with Gasteiger partial charge in [0, 0.05) is 6.04 Å². The SMILES string of the molecule is CCCCC(C)C(CCCC)NCC. The van der Waals surface area contributed by atoms with E-state index in [9.17, 15) is 0 Å². The molecule has 0 saturated carbocycles. The molecule has 0 radical (unpaired) electrons. The van der Waals surface area contributed by atoms with Gasteiger partial charge in [-0.15, -0.1) is 0 Å². The molecule has 2 unspecified atom stereocenters. The van der Waals surface area contributed by atoms with E-state index in [1.807, 2.05) is 0 Å². The van der Waals surface area contributed by atoms with Crippen LogP contribution >= 0.6 is 0 Å². The number of hydrogen-bond donors (Lipinski definition) is 1. The zero-order chi connectivity index (χ0) is 10.8. The predicted octanol–water partition coefficient (Wildman–Crippen LogP) is 3.98. The van der Waals surface area contributed by atoms with E-state index in [0.29, 0.717) is 0 Å². The van der Waals surface area contributed by atoms with Crippen LogP contribution in [0.3, 0.4) is 0 Å². The Balaban J connectivity index is 3.77. The molecular weight excluding hydrogens is 170 g/mol. The average Bonchev–Trinajstić information content (AvgIpc) is 2.20. The second kappa shape index (κ2) is 9.51. The van der Waals surface area contributed by atoms with Crippen molar-refractivity contribution in [1.29, 1.82) is 0 Å². The smallest absolute Gasteiger partial charge is 0.00925 e. The largest absolute Gasteiger partial charge is 0.314 e. The van der Waals surface area contributed by atoms with Crippen LogP contribution in [0, 0.1) is 5.92 Å². The van der Waals surface area contributed by atoms with Crippen LogP contribution in [0.2, 0.25) is 0 Å². The summed E-state index contributed by atoms with van der Waals surface area (Å²) in [5.74, 6) is 0.849. The predicted molar refractivity (Wildman–Crippen MR) is 65.7 cm³/mol. The van der Waals surface area contributed by atoms with Crippen molar-refractivity contribution < 1.29 is 0 Å².